The molecule has 0 unspecified atom stereocenters. The van der Waals surface area contributed by atoms with Gasteiger partial charge in [0, 0.05) is 18.2 Å². The Morgan fingerprint density at radius 2 is 2.04 bits per heavy atom. The van der Waals surface area contributed by atoms with Crippen molar-refractivity contribution in [2.45, 2.75) is 44.2 Å². The van der Waals surface area contributed by atoms with E-state index in [4.69, 9.17) is 4.74 Å². The molecule has 0 N–H and O–H groups in total. The molecule has 1 amide bonds. The molecule has 1 saturated heterocycles. The SMILES string of the molecule is O=C(COc1cccc(-n2cnnn2)c1)N(C1CCCC1)[C@@H]1CCS(=O)(=O)C1. The highest BCUT2D eigenvalue weighted by atomic mass is 32.2. The minimum Gasteiger partial charge on any atom is -0.484 e. The molecule has 9 nitrogen and oxygen atoms in total. The number of benzene rings is 1. The van der Waals surface area contributed by atoms with Gasteiger partial charge in [0.05, 0.1) is 17.2 Å². The summed E-state index contributed by atoms with van der Waals surface area (Å²) in [5, 5.41) is 11.1. The third-order valence-corrected chi connectivity index (χ3v) is 7.15. The van der Waals surface area contributed by atoms with Crippen molar-refractivity contribution < 1.29 is 17.9 Å². The van der Waals surface area contributed by atoms with E-state index in [9.17, 15) is 13.2 Å². The van der Waals surface area contributed by atoms with E-state index in [2.05, 4.69) is 15.5 Å². The summed E-state index contributed by atoms with van der Waals surface area (Å²) in [4.78, 5) is 14.8. The molecule has 1 atom stereocenters. The smallest absolute Gasteiger partial charge is 0.261 e. The molecule has 0 radical (unpaired) electrons. The summed E-state index contributed by atoms with van der Waals surface area (Å²) in [5.41, 5.74) is 0.726. The Hall–Kier alpha value is -2.49. The normalized spacial score (nSPS) is 21.6. The standard InChI is InChI=1S/C18H23N5O4S/c24-18(11-27-17-7-3-6-15(10-17)22-13-19-20-21-22)23(14-4-1-2-5-14)16-8-9-28(25,26)12-16/h3,6-7,10,13-14,16H,1-2,4-5,8-9,11-12H2/t16-/m1/s1. The van der Waals surface area contributed by atoms with Crippen molar-refractivity contribution in [2.75, 3.05) is 18.1 Å². The van der Waals surface area contributed by atoms with Gasteiger partial charge in [0.25, 0.3) is 5.91 Å². The van der Waals surface area contributed by atoms with E-state index in [1.165, 1.54) is 11.0 Å². The molecule has 1 aliphatic carbocycles. The second-order valence-corrected chi connectivity index (χ2v) is 9.57. The average Bonchev–Trinajstić information content (AvgIpc) is 3.43. The Balaban J connectivity index is 1.45. The van der Waals surface area contributed by atoms with Crippen LogP contribution in [0.3, 0.4) is 0 Å². The third-order valence-electron chi connectivity index (χ3n) is 5.40. The molecule has 1 aromatic heterocycles. The van der Waals surface area contributed by atoms with Gasteiger partial charge >= 0.3 is 0 Å². The number of hydrogen-bond donors (Lipinski definition) is 0. The van der Waals surface area contributed by atoms with Crippen LogP contribution in [0.5, 0.6) is 5.75 Å². The van der Waals surface area contributed by atoms with Crippen LogP contribution in [0.4, 0.5) is 0 Å². The van der Waals surface area contributed by atoms with Gasteiger partial charge in [0.15, 0.2) is 16.4 Å². The minimum absolute atomic E-state index is 0.0595. The van der Waals surface area contributed by atoms with Crippen LogP contribution in [0.1, 0.15) is 32.1 Å². The Kier molecular flexibility index (Phi) is 5.29. The van der Waals surface area contributed by atoms with Crippen LogP contribution in [0.25, 0.3) is 5.69 Å². The van der Waals surface area contributed by atoms with Gasteiger partial charge in [-0.3, -0.25) is 4.79 Å². The lowest BCUT2D eigenvalue weighted by Crippen LogP contribution is -2.48. The van der Waals surface area contributed by atoms with E-state index >= 15 is 0 Å². The maximum absolute atomic E-state index is 13.0. The zero-order valence-corrected chi connectivity index (χ0v) is 16.3. The number of carbonyl (C=O) groups excluding carboxylic acids is 1. The summed E-state index contributed by atoms with van der Waals surface area (Å²) in [6, 6.07) is 7.03. The number of sulfone groups is 1. The van der Waals surface area contributed by atoms with Gasteiger partial charge in [0.1, 0.15) is 12.1 Å². The average molecular weight is 405 g/mol. The lowest BCUT2D eigenvalue weighted by molar-refractivity contribution is -0.137. The Morgan fingerprint density at radius 3 is 2.71 bits per heavy atom. The van der Waals surface area contributed by atoms with Gasteiger partial charge < -0.3 is 9.64 Å². The van der Waals surface area contributed by atoms with E-state index in [1.54, 1.807) is 23.1 Å². The van der Waals surface area contributed by atoms with E-state index in [0.717, 1.165) is 31.4 Å². The summed E-state index contributed by atoms with van der Waals surface area (Å²) in [5.74, 6) is 0.598. The third kappa shape index (κ3) is 4.16. The van der Waals surface area contributed by atoms with Crippen molar-refractivity contribution in [3.8, 4) is 11.4 Å². The van der Waals surface area contributed by atoms with Crippen molar-refractivity contribution in [3.63, 3.8) is 0 Å². The fraction of sp³-hybridized carbons (Fsp3) is 0.556. The Bertz CT molecular complexity index is 925. The van der Waals surface area contributed by atoms with Crippen LogP contribution in [-0.4, -0.2) is 69.6 Å². The topological polar surface area (TPSA) is 107 Å². The molecule has 150 valence electrons. The number of aromatic nitrogens is 4. The summed E-state index contributed by atoms with van der Waals surface area (Å²) in [6.45, 7) is -0.119. The maximum Gasteiger partial charge on any atom is 0.261 e. The molecule has 10 heteroatoms. The molecule has 4 rings (SSSR count). The van der Waals surface area contributed by atoms with Crippen molar-refractivity contribution in [3.05, 3.63) is 30.6 Å². The fourth-order valence-corrected chi connectivity index (χ4v) is 5.81. The second-order valence-electron chi connectivity index (χ2n) is 7.34. The quantitative estimate of drug-likeness (QED) is 0.705. The molecule has 1 saturated carbocycles. The van der Waals surface area contributed by atoms with Crippen molar-refractivity contribution in [1.29, 1.82) is 0 Å². The van der Waals surface area contributed by atoms with Crippen molar-refractivity contribution in [2.24, 2.45) is 0 Å². The second kappa shape index (κ2) is 7.86. The van der Waals surface area contributed by atoms with Crippen LogP contribution in [0, 0.1) is 0 Å². The monoisotopic (exact) mass is 405 g/mol. The molecular formula is C18H23N5O4S. The zero-order valence-electron chi connectivity index (χ0n) is 15.5. The van der Waals surface area contributed by atoms with Crippen LogP contribution >= 0.6 is 0 Å². The molecule has 0 bridgehead atoms. The maximum atomic E-state index is 13.0. The number of tetrazole rings is 1. The molecule has 2 heterocycles. The van der Waals surface area contributed by atoms with Crippen LogP contribution in [0.15, 0.2) is 30.6 Å². The molecular weight excluding hydrogens is 382 g/mol. The first kappa shape index (κ1) is 18.9. The summed E-state index contributed by atoms with van der Waals surface area (Å²) in [7, 11) is -3.06. The largest absolute Gasteiger partial charge is 0.484 e. The van der Waals surface area contributed by atoms with E-state index in [0.29, 0.717) is 12.2 Å². The molecule has 2 aromatic rings. The van der Waals surface area contributed by atoms with Crippen LogP contribution in [-0.2, 0) is 14.6 Å². The summed E-state index contributed by atoms with van der Waals surface area (Å²) < 4.78 is 31.1. The highest BCUT2D eigenvalue weighted by molar-refractivity contribution is 7.91. The summed E-state index contributed by atoms with van der Waals surface area (Å²) >= 11 is 0. The molecule has 1 aromatic carbocycles. The van der Waals surface area contributed by atoms with E-state index in [1.807, 2.05) is 6.07 Å². The molecule has 2 fully saturated rings. The lowest BCUT2D eigenvalue weighted by atomic mass is 10.1. The molecule has 2 aliphatic rings. The number of rotatable bonds is 6. The van der Waals surface area contributed by atoms with Gasteiger partial charge in [-0.1, -0.05) is 18.9 Å². The minimum atomic E-state index is -3.06. The van der Waals surface area contributed by atoms with Gasteiger partial charge in [0.2, 0.25) is 0 Å². The lowest BCUT2D eigenvalue weighted by Gasteiger charge is -2.34. The van der Waals surface area contributed by atoms with Gasteiger partial charge in [-0.05, 0) is 41.8 Å². The fourth-order valence-electron chi connectivity index (χ4n) is 4.10. The van der Waals surface area contributed by atoms with Gasteiger partial charge in [-0.2, -0.15) is 0 Å². The number of carbonyl (C=O) groups is 1. The Morgan fingerprint density at radius 1 is 1.21 bits per heavy atom. The Labute approximate surface area is 163 Å². The van der Waals surface area contributed by atoms with Crippen molar-refractivity contribution in [1.82, 2.24) is 25.1 Å². The number of hydrogen-bond acceptors (Lipinski definition) is 7. The number of ether oxygens (including phenoxy) is 1. The van der Waals surface area contributed by atoms with E-state index in [-0.39, 0.29) is 36.1 Å². The predicted octanol–water partition coefficient (Wildman–Crippen LogP) is 0.999. The van der Waals surface area contributed by atoms with Gasteiger partial charge in [-0.15, -0.1) is 5.10 Å². The molecule has 1 aliphatic heterocycles. The highest BCUT2D eigenvalue weighted by Crippen LogP contribution is 2.29. The molecule has 0 spiro atoms. The van der Waals surface area contributed by atoms with E-state index < -0.39 is 9.84 Å². The summed E-state index contributed by atoms with van der Waals surface area (Å²) in [6.07, 6.45) is 5.99. The first-order valence-electron chi connectivity index (χ1n) is 9.50. The predicted molar refractivity (Wildman–Crippen MR) is 101 cm³/mol. The van der Waals surface area contributed by atoms with Crippen molar-refractivity contribution >= 4 is 15.7 Å². The zero-order chi connectivity index (χ0) is 19.6. The molecule has 28 heavy (non-hydrogen) atoms. The van der Waals surface area contributed by atoms with Crippen LogP contribution < -0.4 is 4.74 Å². The number of nitrogens with zero attached hydrogens (tertiary/aromatic N) is 5. The van der Waals surface area contributed by atoms with Crippen LogP contribution in [0.2, 0.25) is 0 Å². The first-order chi connectivity index (χ1) is 13.5. The first-order valence-corrected chi connectivity index (χ1v) is 11.3. The number of amides is 1. The van der Waals surface area contributed by atoms with Gasteiger partial charge in [-0.25, -0.2) is 13.1 Å². The highest BCUT2D eigenvalue weighted by Gasteiger charge is 2.39.